The quantitative estimate of drug-likeness (QED) is 0.799. The van der Waals surface area contributed by atoms with Crippen LogP contribution in [0.4, 0.5) is 0 Å². The first kappa shape index (κ1) is 14.1. The molecule has 1 N–H and O–H groups in total. The Morgan fingerprint density at radius 3 is 2.89 bits per heavy atom. The van der Waals surface area contributed by atoms with Gasteiger partial charge in [-0.2, -0.15) is 0 Å². The van der Waals surface area contributed by atoms with Crippen LogP contribution in [0, 0.1) is 0 Å². The minimum atomic E-state index is 0.215. The lowest BCUT2D eigenvalue weighted by molar-refractivity contribution is -0.121. The fraction of sp³-hybridized carbons (Fsp3) is 0.562. The molecule has 0 saturated carbocycles. The first-order valence-electron chi connectivity index (χ1n) is 7.25. The van der Waals surface area contributed by atoms with Gasteiger partial charge >= 0.3 is 0 Å². The monoisotopic (exact) mass is 261 g/mol. The fourth-order valence-corrected chi connectivity index (χ4v) is 2.46. The summed E-state index contributed by atoms with van der Waals surface area (Å²) in [6.07, 6.45) is 6.05. The maximum absolute atomic E-state index is 11.4. The molecule has 1 aromatic rings. The van der Waals surface area contributed by atoms with Gasteiger partial charge in [-0.25, -0.2) is 0 Å². The van der Waals surface area contributed by atoms with Gasteiger partial charge in [-0.15, -0.1) is 0 Å². The summed E-state index contributed by atoms with van der Waals surface area (Å²) in [5.74, 6) is 0.215. The smallest absolute Gasteiger partial charge is 0.220 e. The molecule has 0 radical (unpaired) electrons. The van der Waals surface area contributed by atoms with Crippen LogP contribution in [0.15, 0.2) is 30.3 Å². The molecule has 1 unspecified atom stereocenters. The van der Waals surface area contributed by atoms with Crippen molar-refractivity contribution in [2.45, 2.75) is 51.2 Å². The van der Waals surface area contributed by atoms with Crippen LogP contribution in [0.3, 0.4) is 0 Å². The van der Waals surface area contributed by atoms with E-state index in [0.717, 1.165) is 38.7 Å². The van der Waals surface area contributed by atoms with Crippen LogP contribution < -0.4 is 5.32 Å². The Kier molecular flexibility index (Phi) is 5.89. The number of hydrogen-bond acceptors (Lipinski definition) is 2. The van der Waals surface area contributed by atoms with E-state index in [1.165, 1.54) is 5.56 Å². The van der Waals surface area contributed by atoms with E-state index in [1.807, 2.05) is 18.2 Å². The van der Waals surface area contributed by atoms with E-state index in [0.29, 0.717) is 19.1 Å². The maximum Gasteiger partial charge on any atom is 0.220 e. The SMILES string of the molecule is O=C1CCCCC(CCCOCc2ccccc2)N1. The molecule has 19 heavy (non-hydrogen) atoms. The molecule has 1 saturated heterocycles. The molecule has 1 aliphatic heterocycles. The van der Waals surface area contributed by atoms with Crippen molar-refractivity contribution in [1.29, 1.82) is 0 Å². The van der Waals surface area contributed by atoms with E-state index in [4.69, 9.17) is 4.74 Å². The summed E-state index contributed by atoms with van der Waals surface area (Å²) in [6, 6.07) is 10.6. The first-order valence-corrected chi connectivity index (χ1v) is 7.25. The number of ether oxygens (including phenoxy) is 1. The second-order valence-corrected chi connectivity index (χ2v) is 5.19. The summed E-state index contributed by atoms with van der Waals surface area (Å²) in [6.45, 7) is 1.44. The molecule has 0 aliphatic carbocycles. The molecule has 104 valence electrons. The Morgan fingerprint density at radius 2 is 2.05 bits per heavy atom. The summed E-state index contributed by atoms with van der Waals surface area (Å²) >= 11 is 0. The van der Waals surface area contributed by atoms with Crippen molar-refractivity contribution in [3.63, 3.8) is 0 Å². The van der Waals surface area contributed by atoms with Gasteiger partial charge < -0.3 is 10.1 Å². The normalized spacial score (nSPS) is 19.8. The van der Waals surface area contributed by atoms with Crippen molar-refractivity contribution in [3.8, 4) is 0 Å². The standard InChI is InChI=1S/C16H23NO2/c18-16-11-5-4-9-15(17-16)10-6-12-19-13-14-7-2-1-3-8-14/h1-3,7-8,15H,4-6,9-13H2,(H,17,18). The molecule has 1 atom stereocenters. The van der Waals surface area contributed by atoms with Gasteiger partial charge in [0.15, 0.2) is 0 Å². The summed E-state index contributed by atoms with van der Waals surface area (Å²) < 4.78 is 5.66. The number of rotatable bonds is 6. The minimum absolute atomic E-state index is 0.215. The molecule has 1 fully saturated rings. The Balaban J connectivity index is 1.57. The van der Waals surface area contributed by atoms with Crippen LogP contribution in [0.1, 0.15) is 44.1 Å². The number of benzene rings is 1. The average Bonchev–Trinajstić information content (AvgIpc) is 2.64. The van der Waals surface area contributed by atoms with Crippen molar-refractivity contribution < 1.29 is 9.53 Å². The highest BCUT2D eigenvalue weighted by Crippen LogP contribution is 2.13. The van der Waals surface area contributed by atoms with Crippen LogP contribution in [-0.4, -0.2) is 18.6 Å². The molecule has 0 spiro atoms. The predicted molar refractivity (Wildman–Crippen MR) is 75.7 cm³/mol. The van der Waals surface area contributed by atoms with Gasteiger partial charge in [-0.1, -0.05) is 36.8 Å². The van der Waals surface area contributed by atoms with Gasteiger partial charge in [0.05, 0.1) is 6.61 Å². The van der Waals surface area contributed by atoms with Crippen molar-refractivity contribution in [1.82, 2.24) is 5.32 Å². The van der Waals surface area contributed by atoms with Crippen LogP contribution in [0.25, 0.3) is 0 Å². The minimum Gasteiger partial charge on any atom is -0.377 e. The molecule has 1 aliphatic rings. The van der Waals surface area contributed by atoms with Crippen LogP contribution in [0.5, 0.6) is 0 Å². The van der Waals surface area contributed by atoms with Crippen LogP contribution in [-0.2, 0) is 16.1 Å². The summed E-state index contributed by atoms with van der Waals surface area (Å²) in [4.78, 5) is 11.4. The second-order valence-electron chi connectivity index (χ2n) is 5.19. The van der Waals surface area contributed by atoms with E-state index in [-0.39, 0.29) is 5.91 Å². The van der Waals surface area contributed by atoms with Crippen molar-refractivity contribution >= 4 is 5.91 Å². The van der Waals surface area contributed by atoms with E-state index in [2.05, 4.69) is 17.4 Å². The molecule has 0 aromatic heterocycles. The van der Waals surface area contributed by atoms with E-state index >= 15 is 0 Å². The zero-order valence-electron chi connectivity index (χ0n) is 11.4. The first-order chi connectivity index (χ1) is 9.34. The lowest BCUT2D eigenvalue weighted by Crippen LogP contribution is -2.32. The van der Waals surface area contributed by atoms with E-state index < -0.39 is 0 Å². The molecule has 1 heterocycles. The van der Waals surface area contributed by atoms with Gasteiger partial charge in [0.1, 0.15) is 0 Å². The van der Waals surface area contributed by atoms with Crippen LogP contribution >= 0.6 is 0 Å². The molecule has 2 rings (SSSR count). The summed E-state index contributed by atoms with van der Waals surface area (Å²) in [5.41, 5.74) is 1.21. The zero-order valence-corrected chi connectivity index (χ0v) is 11.4. The largest absolute Gasteiger partial charge is 0.377 e. The lowest BCUT2D eigenvalue weighted by atomic mass is 10.1. The predicted octanol–water partition coefficient (Wildman–Crippen LogP) is 3.04. The zero-order chi connectivity index (χ0) is 13.3. The Labute approximate surface area is 115 Å². The number of amides is 1. The fourth-order valence-electron chi connectivity index (χ4n) is 2.46. The molecule has 1 aromatic carbocycles. The molecule has 0 bridgehead atoms. The van der Waals surface area contributed by atoms with Crippen molar-refractivity contribution in [3.05, 3.63) is 35.9 Å². The Bertz CT molecular complexity index is 378. The molecule has 3 nitrogen and oxygen atoms in total. The van der Waals surface area contributed by atoms with Gasteiger partial charge in [0.25, 0.3) is 0 Å². The second kappa shape index (κ2) is 7.95. The van der Waals surface area contributed by atoms with Crippen molar-refractivity contribution in [2.24, 2.45) is 0 Å². The molecule has 1 amide bonds. The van der Waals surface area contributed by atoms with Gasteiger partial charge in [-0.05, 0) is 31.2 Å². The topological polar surface area (TPSA) is 38.3 Å². The van der Waals surface area contributed by atoms with Gasteiger partial charge in [0.2, 0.25) is 5.91 Å². The Hall–Kier alpha value is -1.35. The third kappa shape index (κ3) is 5.43. The highest BCUT2D eigenvalue weighted by Gasteiger charge is 2.15. The van der Waals surface area contributed by atoms with E-state index in [1.54, 1.807) is 0 Å². The third-order valence-electron chi connectivity index (χ3n) is 3.52. The molecular weight excluding hydrogens is 238 g/mol. The number of carbonyl (C=O) groups is 1. The number of nitrogens with one attached hydrogen (secondary N) is 1. The van der Waals surface area contributed by atoms with Crippen LogP contribution in [0.2, 0.25) is 0 Å². The highest BCUT2D eigenvalue weighted by atomic mass is 16.5. The van der Waals surface area contributed by atoms with E-state index in [9.17, 15) is 4.79 Å². The van der Waals surface area contributed by atoms with Gasteiger partial charge in [-0.3, -0.25) is 4.79 Å². The Morgan fingerprint density at radius 1 is 1.21 bits per heavy atom. The maximum atomic E-state index is 11.4. The lowest BCUT2D eigenvalue weighted by Gasteiger charge is -2.15. The average molecular weight is 261 g/mol. The highest BCUT2D eigenvalue weighted by molar-refractivity contribution is 5.76. The van der Waals surface area contributed by atoms with Crippen molar-refractivity contribution in [2.75, 3.05) is 6.61 Å². The number of carbonyl (C=O) groups excluding carboxylic acids is 1. The third-order valence-corrected chi connectivity index (χ3v) is 3.52. The molecular formula is C16H23NO2. The molecule has 3 heteroatoms. The summed E-state index contributed by atoms with van der Waals surface area (Å²) in [5, 5.41) is 3.09. The number of hydrogen-bond donors (Lipinski definition) is 1. The van der Waals surface area contributed by atoms with Gasteiger partial charge in [0, 0.05) is 19.1 Å². The summed E-state index contributed by atoms with van der Waals surface area (Å²) in [7, 11) is 0.